The first-order chi connectivity index (χ1) is 18.0. The van der Waals surface area contributed by atoms with Crippen molar-refractivity contribution in [2.75, 3.05) is 35.7 Å². The second-order valence-electron chi connectivity index (χ2n) is 8.25. The van der Waals surface area contributed by atoms with Crippen LogP contribution >= 0.6 is 0 Å². The van der Waals surface area contributed by atoms with Gasteiger partial charge < -0.3 is 24.8 Å². The molecule has 1 saturated heterocycles. The third kappa shape index (κ3) is 7.02. The zero-order valence-corrected chi connectivity index (χ0v) is 21.0. The number of hydrogen-bond donors (Lipinski definition) is 2. The second kappa shape index (κ2) is 13.0. The number of amides is 1. The van der Waals surface area contributed by atoms with E-state index in [4.69, 9.17) is 9.72 Å². The van der Waals surface area contributed by atoms with Crippen LogP contribution in [0.4, 0.5) is 27.7 Å². The molecule has 1 atom stereocenters. The fraction of sp³-hybridized carbons (Fsp3) is 0.320. The largest absolute Gasteiger partial charge is 0.380 e. The highest BCUT2D eigenvalue weighted by molar-refractivity contribution is 5.73. The Balaban J connectivity index is 0.000000266. The minimum Gasteiger partial charge on any atom is -0.380 e. The zero-order valence-electron chi connectivity index (χ0n) is 21.0. The van der Waals surface area contributed by atoms with Crippen molar-refractivity contribution in [2.45, 2.75) is 32.4 Å². The van der Waals surface area contributed by atoms with Gasteiger partial charge in [-0.3, -0.25) is 4.79 Å². The molecule has 4 aromatic heterocycles. The number of nitrogens with one attached hydrogen (secondary N) is 2. The van der Waals surface area contributed by atoms with E-state index in [2.05, 4.69) is 61.9 Å². The van der Waals surface area contributed by atoms with E-state index < -0.39 is 5.95 Å². The number of carbonyl (C=O) groups excluding carboxylic acids is 1. The maximum Gasteiger partial charge on any atom is 0.245 e. The number of anilines is 4. The molecule has 5 heterocycles. The molecule has 0 spiro atoms. The van der Waals surface area contributed by atoms with Crippen molar-refractivity contribution in [1.29, 1.82) is 0 Å². The average Bonchev–Trinajstić information content (AvgIpc) is 3.68. The molecule has 4 aromatic rings. The molecule has 12 heteroatoms. The molecule has 5 rings (SSSR count). The molecule has 0 aromatic carbocycles. The Morgan fingerprint density at radius 2 is 2.05 bits per heavy atom. The lowest BCUT2D eigenvalue weighted by atomic mass is 10.3. The Bertz CT molecular complexity index is 1300. The number of rotatable bonds is 7. The molecule has 2 N–H and O–H groups in total. The number of fused-ring (bicyclic) bond motifs is 1. The Labute approximate surface area is 214 Å². The van der Waals surface area contributed by atoms with Gasteiger partial charge >= 0.3 is 0 Å². The number of carbonyl (C=O) groups is 1. The maximum absolute atomic E-state index is 12.1. The third-order valence-electron chi connectivity index (χ3n) is 5.54. The molecule has 0 bridgehead atoms. The third-order valence-corrected chi connectivity index (χ3v) is 5.54. The Kier molecular flexibility index (Phi) is 9.51. The summed E-state index contributed by atoms with van der Waals surface area (Å²) in [6.45, 7) is 5.95. The van der Waals surface area contributed by atoms with Gasteiger partial charge in [0.25, 0.3) is 0 Å². The first kappa shape index (κ1) is 27.1. The summed E-state index contributed by atoms with van der Waals surface area (Å²) in [6.07, 6.45) is 16.7. The minimum absolute atomic E-state index is 0.238. The van der Waals surface area contributed by atoms with Crippen molar-refractivity contribution in [3.63, 3.8) is 0 Å². The number of hydrogen-bond acceptors (Lipinski definition) is 8. The van der Waals surface area contributed by atoms with Crippen LogP contribution in [0.5, 0.6) is 0 Å². The summed E-state index contributed by atoms with van der Waals surface area (Å²) < 4.78 is 21.5. The lowest BCUT2D eigenvalue weighted by molar-refractivity contribution is -0.105. The van der Waals surface area contributed by atoms with E-state index in [1.54, 1.807) is 7.11 Å². The smallest absolute Gasteiger partial charge is 0.245 e. The van der Waals surface area contributed by atoms with E-state index in [1.165, 1.54) is 18.3 Å². The monoisotopic (exact) mass is 507 g/mol. The topological polar surface area (TPSA) is 115 Å². The first-order valence-corrected chi connectivity index (χ1v) is 11.6. The number of terminal acetylenes is 1. The maximum atomic E-state index is 12.1. The SMILES string of the molecule is C#C.CO[C@@H]1CCN(c2nc(Nc3cn(C(C)C)cn3)c3cccn3n2)C1.O=CNc1ccc(F)nc1. The molecule has 1 amide bonds. The second-order valence-corrected chi connectivity index (χ2v) is 8.25. The van der Waals surface area contributed by atoms with Gasteiger partial charge in [-0.15, -0.1) is 17.9 Å². The van der Waals surface area contributed by atoms with Crippen molar-refractivity contribution in [3.8, 4) is 12.8 Å². The number of imidazole rings is 1. The summed E-state index contributed by atoms with van der Waals surface area (Å²) >= 11 is 0. The number of nitrogens with zero attached hydrogens (tertiary/aromatic N) is 7. The van der Waals surface area contributed by atoms with Crippen LogP contribution in [0, 0.1) is 18.8 Å². The van der Waals surface area contributed by atoms with Crippen LogP contribution in [-0.2, 0) is 9.53 Å². The number of aromatic nitrogens is 6. The molecule has 11 nitrogen and oxygen atoms in total. The molecule has 0 unspecified atom stereocenters. The molecular formula is C25H30FN9O2. The quantitative estimate of drug-likeness (QED) is 0.222. The Hall–Kier alpha value is -4.50. The van der Waals surface area contributed by atoms with Gasteiger partial charge in [-0.25, -0.2) is 14.5 Å². The average molecular weight is 508 g/mol. The normalized spacial score (nSPS) is 14.5. The summed E-state index contributed by atoms with van der Waals surface area (Å²) in [5.74, 6) is 1.67. The van der Waals surface area contributed by atoms with Crippen molar-refractivity contribution >= 4 is 35.2 Å². The highest BCUT2D eigenvalue weighted by atomic mass is 19.1. The van der Waals surface area contributed by atoms with E-state index in [1.807, 2.05) is 35.4 Å². The summed E-state index contributed by atoms with van der Waals surface area (Å²) in [5, 5.41) is 10.3. The summed E-state index contributed by atoms with van der Waals surface area (Å²) in [4.78, 5) is 24.5. The van der Waals surface area contributed by atoms with Gasteiger partial charge in [0.1, 0.15) is 11.3 Å². The predicted molar refractivity (Wildman–Crippen MR) is 140 cm³/mol. The van der Waals surface area contributed by atoms with Gasteiger partial charge in [-0.1, -0.05) is 0 Å². The van der Waals surface area contributed by atoms with E-state index in [0.29, 0.717) is 24.1 Å². The molecule has 0 radical (unpaired) electrons. The van der Waals surface area contributed by atoms with Gasteiger partial charge in [-0.2, -0.15) is 9.37 Å². The van der Waals surface area contributed by atoms with Crippen LogP contribution in [0.3, 0.4) is 0 Å². The number of ether oxygens (including phenoxy) is 1. The molecule has 1 fully saturated rings. The number of pyridine rings is 1. The highest BCUT2D eigenvalue weighted by Gasteiger charge is 2.25. The lowest BCUT2D eigenvalue weighted by Gasteiger charge is -2.17. The van der Waals surface area contributed by atoms with E-state index in [-0.39, 0.29) is 6.10 Å². The van der Waals surface area contributed by atoms with E-state index in [0.717, 1.165) is 36.7 Å². The fourth-order valence-electron chi connectivity index (χ4n) is 3.59. The van der Waals surface area contributed by atoms with Crippen LogP contribution in [-0.4, -0.2) is 61.8 Å². The molecule has 1 aliphatic heterocycles. The van der Waals surface area contributed by atoms with Gasteiger partial charge in [0.15, 0.2) is 5.82 Å². The van der Waals surface area contributed by atoms with Crippen LogP contribution < -0.4 is 15.5 Å². The first-order valence-electron chi connectivity index (χ1n) is 11.6. The molecule has 1 aliphatic rings. The van der Waals surface area contributed by atoms with Gasteiger partial charge in [0.05, 0.1) is 24.3 Å². The van der Waals surface area contributed by atoms with Crippen LogP contribution in [0.25, 0.3) is 5.52 Å². The lowest BCUT2D eigenvalue weighted by Crippen LogP contribution is -2.25. The van der Waals surface area contributed by atoms with Crippen molar-refractivity contribution in [1.82, 2.24) is 29.1 Å². The number of halogens is 1. The Morgan fingerprint density at radius 1 is 1.24 bits per heavy atom. The molecule has 0 saturated carbocycles. The van der Waals surface area contributed by atoms with Crippen molar-refractivity contribution in [3.05, 3.63) is 55.1 Å². The van der Waals surface area contributed by atoms with E-state index in [9.17, 15) is 9.18 Å². The van der Waals surface area contributed by atoms with Crippen molar-refractivity contribution < 1.29 is 13.9 Å². The summed E-state index contributed by atoms with van der Waals surface area (Å²) in [7, 11) is 1.75. The Morgan fingerprint density at radius 3 is 2.68 bits per heavy atom. The zero-order chi connectivity index (χ0) is 26.8. The summed E-state index contributed by atoms with van der Waals surface area (Å²) in [5.41, 5.74) is 1.40. The van der Waals surface area contributed by atoms with Gasteiger partial charge in [0, 0.05) is 38.6 Å². The molecular weight excluding hydrogens is 477 g/mol. The predicted octanol–water partition coefficient (Wildman–Crippen LogP) is 3.51. The number of methoxy groups -OCH3 is 1. The van der Waals surface area contributed by atoms with E-state index >= 15 is 0 Å². The van der Waals surface area contributed by atoms with Crippen molar-refractivity contribution in [2.24, 2.45) is 0 Å². The van der Waals surface area contributed by atoms with Gasteiger partial charge in [-0.05, 0) is 44.5 Å². The molecule has 194 valence electrons. The van der Waals surface area contributed by atoms with Gasteiger partial charge in [0.2, 0.25) is 18.3 Å². The van der Waals surface area contributed by atoms with Crippen LogP contribution in [0.2, 0.25) is 0 Å². The minimum atomic E-state index is -0.559. The van der Waals surface area contributed by atoms with Crippen LogP contribution in [0.15, 0.2) is 49.2 Å². The summed E-state index contributed by atoms with van der Waals surface area (Å²) in [6, 6.07) is 6.93. The molecule has 37 heavy (non-hydrogen) atoms. The fourth-order valence-corrected chi connectivity index (χ4v) is 3.59. The highest BCUT2D eigenvalue weighted by Crippen LogP contribution is 2.24. The molecule has 0 aliphatic carbocycles. The standard InChI is InChI=1S/C17H23N7O.C6H5FN2O.C2H2/c1-12(2)23-10-15(18-11-23)19-16-14-5-4-7-24(14)21-17(20-16)22-8-6-13(9-22)25-3;7-6-2-1-5(3-8-6)9-4-10;1-2/h4-5,7,10-13H,6,8-9H2,1-3H3,(H,19,20,21);1-4H,(H,9,10);1-2H/t13-;;/m1../s1. The van der Waals surface area contributed by atoms with Crippen LogP contribution in [0.1, 0.15) is 26.3 Å².